The van der Waals surface area contributed by atoms with Crippen LogP contribution in [-0.2, 0) is 0 Å². The van der Waals surface area contributed by atoms with Crippen LogP contribution in [-0.4, -0.2) is 48.9 Å². The largest absolute Gasteiger partial charge is 0.278 e. The molecule has 4 heterocycles. The smallest absolute Gasteiger partial charge is 0.199 e. The van der Waals surface area contributed by atoms with Gasteiger partial charge >= 0.3 is 0 Å². The maximum atomic E-state index is 4.95. The number of H-pyrrole nitrogens is 4. The van der Waals surface area contributed by atoms with E-state index in [1.807, 2.05) is 79.7 Å². The molecule has 0 bridgehead atoms. The minimum Gasteiger partial charge on any atom is -0.278 e. The lowest BCUT2D eigenvalue weighted by atomic mass is 10.3. The number of rotatable bonds is 12. The van der Waals surface area contributed by atoms with E-state index in [0.29, 0.717) is 0 Å². The van der Waals surface area contributed by atoms with Crippen LogP contribution in [0, 0.1) is 0 Å². The van der Waals surface area contributed by atoms with Gasteiger partial charge in [0, 0.05) is 20.7 Å². The van der Waals surface area contributed by atoms with Crippen molar-refractivity contribution in [3.05, 3.63) is 94.2 Å². The summed E-state index contributed by atoms with van der Waals surface area (Å²) in [6.45, 7) is 16.2. The van der Waals surface area contributed by atoms with Crippen molar-refractivity contribution in [2.45, 2.75) is 55.4 Å². The molecule has 4 aromatic heterocycles. The molecule has 0 spiro atoms. The first-order valence-electron chi connectivity index (χ1n) is 15.4. The van der Waals surface area contributed by atoms with E-state index >= 15 is 0 Å². The Labute approximate surface area is 267 Å². The van der Waals surface area contributed by atoms with E-state index < -0.39 is 8.07 Å². The minimum atomic E-state index is -3.53. The molecule has 0 aliphatic carbocycles. The highest BCUT2D eigenvalue weighted by atomic mass is 28.3. The van der Waals surface area contributed by atoms with E-state index in [0.717, 1.165) is 66.3 Å². The molecule has 45 heavy (non-hydrogen) atoms. The fraction of sp³-hybridized carbons (Fsp3) is 0.222. The van der Waals surface area contributed by atoms with Gasteiger partial charge in [-0.25, -0.2) is 0 Å². The van der Waals surface area contributed by atoms with Gasteiger partial charge in [-0.3, -0.25) is 20.4 Å². The Bertz CT molecular complexity index is 1450. The SMILES string of the molecule is CC=Cc1n[nH]c(C=CC)c1[Si](c1c(C=CC)n[nH]c1C=CC)(c1c(C=CC)n[nH]c1C=CC)c1c(C=CC)n[nH]c1C=CC. The molecule has 0 unspecified atom stereocenters. The maximum absolute atomic E-state index is 4.95. The molecule has 0 fully saturated rings. The van der Waals surface area contributed by atoms with Gasteiger partial charge in [-0.05, 0) is 104 Å². The molecule has 8 nitrogen and oxygen atoms in total. The standard InChI is InChI=1S/C36H44N8Si/c1-9-17-25-33(26(18-10-2)38-37-25)45(34-27(19-11-3)39-40-28(34)20-12-4,35-29(21-13-5)41-42-30(35)22-14-6)36-31(23-15-7)43-44-32(36)24-16-8/h9-24H,1-8H3,(H,37,38)(H,39,40)(H,41,42)(H,43,44). The lowest BCUT2D eigenvalue weighted by Gasteiger charge is -2.35. The first-order chi connectivity index (χ1) is 22.0. The lowest BCUT2D eigenvalue weighted by molar-refractivity contribution is 1.07. The van der Waals surface area contributed by atoms with Crippen LogP contribution in [0.3, 0.4) is 0 Å². The minimum absolute atomic E-state index is 0.856. The van der Waals surface area contributed by atoms with Gasteiger partial charge in [0.2, 0.25) is 0 Å². The fourth-order valence-electron chi connectivity index (χ4n) is 6.07. The molecule has 4 rings (SSSR count). The van der Waals surface area contributed by atoms with Gasteiger partial charge in [0.1, 0.15) is 0 Å². The summed E-state index contributed by atoms with van der Waals surface area (Å²) >= 11 is 0. The zero-order valence-electron chi connectivity index (χ0n) is 27.5. The van der Waals surface area contributed by atoms with Gasteiger partial charge in [0.25, 0.3) is 0 Å². The molecule has 0 atom stereocenters. The second-order valence-electron chi connectivity index (χ2n) is 10.3. The molecule has 0 aliphatic rings. The lowest BCUT2D eigenvalue weighted by Crippen LogP contribution is -2.78. The normalized spacial score (nSPS) is 14.6. The van der Waals surface area contributed by atoms with Crippen LogP contribution in [0.2, 0.25) is 0 Å². The molecule has 0 saturated carbocycles. The van der Waals surface area contributed by atoms with E-state index in [4.69, 9.17) is 20.4 Å². The third-order valence-electron chi connectivity index (χ3n) is 7.42. The van der Waals surface area contributed by atoms with E-state index in [-0.39, 0.29) is 0 Å². The van der Waals surface area contributed by atoms with Gasteiger partial charge in [0.15, 0.2) is 8.07 Å². The van der Waals surface area contributed by atoms with Gasteiger partial charge in [-0.1, -0.05) is 48.6 Å². The second-order valence-corrected chi connectivity index (χ2v) is 13.8. The molecular formula is C36H44N8Si. The number of nitrogens with zero attached hydrogens (tertiary/aromatic N) is 4. The molecule has 4 aromatic rings. The number of hydrogen-bond acceptors (Lipinski definition) is 4. The fourth-order valence-corrected chi connectivity index (χ4v) is 11.8. The number of aromatic amines is 4. The van der Waals surface area contributed by atoms with E-state index in [1.165, 1.54) is 0 Å². The van der Waals surface area contributed by atoms with Gasteiger partial charge in [-0.15, -0.1) is 0 Å². The van der Waals surface area contributed by atoms with E-state index in [2.05, 4.69) is 93.3 Å². The zero-order valence-corrected chi connectivity index (χ0v) is 28.5. The number of hydrogen-bond donors (Lipinski definition) is 4. The molecule has 0 amide bonds. The highest BCUT2D eigenvalue weighted by Gasteiger charge is 2.54. The van der Waals surface area contributed by atoms with Crippen LogP contribution in [0.5, 0.6) is 0 Å². The summed E-state index contributed by atoms with van der Waals surface area (Å²) in [5.41, 5.74) is 7.13. The Morgan fingerprint density at radius 1 is 0.333 bits per heavy atom. The molecule has 0 aliphatic heterocycles. The Balaban J connectivity index is 2.57. The highest BCUT2D eigenvalue weighted by Crippen LogP contribution is 2.25. The quantitative estimate of drug-likeness (QED) is 0.142. The van der Waals surface area contributed by atoms with Crippen molar-refractivity contribution in [3.63, 3.8) is 0 Å². The maximum Gasteiger partial charge on any atom is 0.199 e. The third kappa shape index (κ3) is 5.91. The number of nitrogens with one attached hydrogen (secondary N) is 4. The van der Waals surface area contributed by atoms with Crippen LogP contribution in [0.15, 0.2) is 48.6 Å². The molecule has 0 aromatic carbocycles. The van der Waals surface area contributed by atoms with Crippen molar-refractivity contribution >= 4 is 77.4 Å². The topological polar surface area (TPSA) is 115 Å². The van der Waals surface area contributed by atoms with Crippen LogP contribution in [0.1, 0.15) is 101 Å². The first kappa shape index (κ1) is 32.9. The van der Waals surface area contributed by atoms with Crippen molar-refractivity contribution in [2.24, 2.45) is 0 Å². The van der Waals surface area contributed by atoms with Crippen LogP contribution in [0.4, 0.5) is 0 Å². The first-order valence-corrected chi connectivity index (χ1v) is 17.4. The Hall–Kier alpha value is -5.02. The van der Waals surface area contributed by atoms with Gasteiger partial charge < -0.3 is 0 Å². The van der Waals surface area contributed by atoms with Crippen LogP contribution >= 0.6 is 0 Å². The van der Waals surface area contributed by atoms with Crippen molar-refractivity contribution < 1.29 is 0 Å². The summed E-state index contributed by atoms with van der Waals surface area (Å²) in [6.07, 6.45) is 33.1. The Morgan fingerprint density at radius 2 is 0.533 bits per heavy atom. The number of aromatic nitrogens is 8. The Morgan fingerprint density at radius 3 is 0.711 bits per heavy atom. The van der Waals surface area contributed by atoms with Crippen molar-refractivity contribution in [1.82, 2.24) is 40.8 Å². The predicted molar refractivity (Wildman–Crippen MR) is 196 cm³/mol. The molecule has 0 saturated heterocycles. The van der Waals surface area contributed by atoms with Gasteiger partial charge in [-0.2, -0.15) is 20.4 Å². The zero-order chi connectivity index (χ0) is 32.4. The molecule has 4 N–H and O–H groups in total. The van der Waals surface area contributed by atoms with Crippen LogP contribution < -0.4 is 20.7 Å². The van der Waals surface area contributed by atoms with Crippen molar-refractivity contribution in [2.75, 3.05) is 0 Å². The van der Waals surface area contributed by atoms with Gasteiger partial charge in [0.05, 0.1) is 45.6 Å². The molecule has 9 heteroatoms. The summed E-state index contributed by atoms with van der Waals surface area (Å²) in [5.74, 6) is 0. The van der Waals surface area contributed by atoms with E-state index in [1.54, 1.807) is 0 Å². The second kappa shape index (κ2) is 15.1. The van der Waals surface area contributed by atoms with Crippen LogP contribution in [0.25, 0.3) is 48.6 Å². The third-order valence-corrected chi connectivity index (χ3v) is 12.5. The summed E-state index contributed by atoms with van der Waals surface area (Å²) in [5, 5.41) is 37.8. The monoisotopic (exact) mass is 616 g/mol. The summed E-state index contributed by atoms with van der Waals surface area (Å²) in [7, 11) is -3.53. The average Bonchev–Trinajstić information content (AvgIpc) is 3.81. The number of allylic oxidation sites excluding steroid dienone is 8. The molecule has 0 radical (unpaired) electrons. The average molecular weight is 617 g/mol. The summed E-state index contributed by atoms with van der Waals surface area (Å²) < 4.78 is 0. The predicted octanol–water partition coefficient (Wildman–Crippen LogP) is 6.22. The molecular weight excluding hydrogens is 573 g/mol. The van der Waals surface area contributed by atoms with E-state index in [9.17, 15) is 0 Å². The summed E-state index contributed by atoms with van der Waals surface area (Å²) in [6, 6.07) is 0. The summed E-state index contributed by atoms with van der Waals surface area (Å²) in [4.78, 5) is 0. The van der Waals surface area contributed by atoms with Crippen molar-refractivity contribution in [3.8, 4) is 0 Å². The highest BCUT2D eigenvalue weighted by molar-refractivity contribution is 7.21. The molecule has 232 valence electrons. The Kier molecular flexibility index (Phi) is 11.0. The van der Waals surface area contributed by atoms with Crippen molar-refractivity contribution in [1.29, 1.82) is 0 Å².